The van der Waals surface area contributed by atoms with E-state index < -0.39 is 23.5 Å². The summed E-state index contributed by atoms with van der Waals surface area (Å²) in [5.74, 6) is -1.40. The fourth-order valence-electron chi connectivity index (χ4n) is 4.26. The molecular weight excluding hydrogens is 432 g/mol. The van der Waals surface area contributed by atoms with Crippen LogP contribution in [0.15, 0.2) is 88.7 Å². The third kappa shape index (κ3) is 3.42. The van der Waals surface area contributed by atoms with Gasteiger partial charge in [0.25, 0.3) is 5.91 Å². The molecule has 4 aromatic rings. The fourth-order valence-corrected chi connectivity index (χ4v) is 4.26. The summed E-state index contributed by atoms with van der Waals surface area (Å²) in [7, 11) is 1.52. The van der Waals surface area contributed by atoms with Crippen molar-refractivity contribution in [3.05, 3.63) is 101 Å². The van der Waals surface area contributed by atoms with Crippen LogP contribution in [0.2, 0.25) is 0 Å². The average Bonchev–Trinajstić information content (AvgIpc) is 3.43. The smallest absolute Gasteiger partial charge is 0.294 e. The monoisotopic (exact) mass is 454 g/mol. The molecule has 0 bridgehead atoms. The maximum Gasteiger partial charge on any atom is 0.294 e. The molecule has 34 heavy (non-hydrogen) atoms. The molecule has 170 valence electrons. The molecule has 1 atom stereocenters. The van der Waals surface area contributed by atoms with Gasteiger partial charge >= 0.3 is 0 Å². The lowest BCUT2D eigenvalue weighted by atomic mass is 9.98. The highest BCUT2D eigenvalue weighted by atomic mass is 16.5. The Balaban J connectivity index is 1.64. The molecule has 1 aliphatic heterocycles. The molecule has 1 N–H and O–H groups in total. The van der Waals surface area contributed by atoms with E-state index in [2.05, 4.69) is 4.98 Å². The number of carbonyl (C=O) groups excluding carboxylic acids is 2. The van der Waals surface area contributed by atoms with Crippen LogP contribution in [-0.2, 0) is 11.2 Å². The molecule has 2 aromatic carbocycles. The number of fused-ring (bicyclic) bond motifs is 1. The predicted octanol–water partition coefficient (Wildman–Crippen LogP) is 5.18. The standard InChI is InChI=1S/C27H22N2O5/c1-3-16-10-12-18(13-11-16)29-23(19-8-4-5-14-28-19)22(25(31)27(29)32)24(30)21-15-17-7-6-9-20(33-2)26(17)34-21/h4-15,23,31H,3H2,1-2H3. The topological polar surface area (TPSA) is 92.9 Å². The van der Waals surface area contributed by atoms with Gasteiger partial charge in [0.2, 0.25) is 5.78 Å². The molecule has 0 saturated carbocycles. The second kappa shape index (κ2) is 8.51. The number of benzene rings is 2. The van der Waals surface area contributed by atoms with E-state index in [9.17, 15) is 14.7 Å². The minimum absolute atomic E-state index is 0.00189. The minimum Gasteiger partial charge on any atom is -0.503 e. The van der Waals surface area contributed by atoms with Gasteiger partial charge in [-0.25, -0.2) is 0 Å². The first-order chi connectivity index (χ1) is 16.5. The normalized spacial score (nSPS) is 15.9. The Hall–Kier alpha value is -4.39. The number of amides is 1. The molecule has 0 radical (unpaired) electrons. The average molecular weight is 454 g/mol. The molecule has 0 fully saturated rings. The lowest BCUT2D eigenvalue weighted by Gasteiger charge is -2.26. The van der Waals surface area contributed by atoms with Crippen molar-refractivity contribution in [2.24, 2.45) is 0 Å². The Morgan fingerprint density at radius 3 is 2.59 bits per heavy atom. The Morgan fingerprint density at radius 2 is 1.91 bits per heavy atom. The number of aromatic nitrogens is 1. The maximum atomic E-state index is 13.7. The van der Waals surface area contributed by atoms with Crippen LogP contribution >= 0.6 is 0 Å². The number of methoxy groups -OCH3 is 1. The molecule has 0 aliphatic carbocycles. The van der Waals surface area contributed by atoms with Crippen molar-refractivity contribution in [1.82, 2.24) is 4.98 Å². The zero-order valence-electron chi connectivity index (χ0n) is 18.7. The largest absolute Gasteiger partial charge is 0.503 e. The molecule has 1 aliphatic rings. The molecule has 7 nitrogen and oxygen atoms in total. The summed E-state index contributed by atoms with van der Waals surface area (Å²) in [6.45, 7) is 2.04. The van der Waals surface area contributed by atoms with Gasteiger partial charge in [0.05, 0.1) is 18.4 Å². The van der Waals surface area contributed by atoms with Crippen LogP contribution < -0.4 is 9.64 Å². The Kier molecular flexibility index (Phi) is 5.37. The second-order valence-corrected chi connectivity index (χ2v) is 7.93. The summed E-state index contributed by atoms with van der Waals surface area (Å²) in [5, 5.41) is 11.6. The van der Waals surface area contributed by atoms with Crippen molar-refractivity contribution in [2.45, 2.75) is 19.4 Å². The highest BCUT2D eigenvalue weighted by Gasteiger charge is 2.46. The predicted molar refractivity (Wildman–Crippen MR) is 127 cm³/mol. The molecule has 2 aromatic heterocycles. The number of anilines is 1. The van der Waals surface area contributed by atoms with Crippen molar-refractivity contribution in [3.8, 4) is 5.75 Å². The number of aryl methyl sites for hydroxylation is 1. The SMILES string of the molecule is CCc1ccc(N2C(=O)C(O)=C(C(=O)c3cc4cccc(OC)c4o3)C2c2ccccn2)cc1. The van der Waals surface area contributed by atoms with Crippen LogP contribution in [0, 0.1) is 0 Å². The van der Waals surface area contributed by atoms with E-state index in [0.29, 0.717) is 28.1 Å². The first-order valence-corrected chi connectivity index (χ1v) is 10.9. The van der Waals surface area contributed by atoms with Crippen molar-refractivity contribution in [1.29, 1.82) is 0 Å². The molecule has 5 rings (SSSR count). The van der Waals surface area contributed by atoms with Gasteiger partial charge in [-0.15, -0.1) is 0 Å². The van der Waals surface area contributed by atoms with Crippen LogP contribution in [0.25, 0.3) is 11.0 Å². The van der Waals surface area contributed by atoms with E-state index in [4.69, 9.17) is 9.15 Å². The van der Waals surface area contributed by atoms with Crippen LogP contribution in [0.5, 0.6) is 5.75 Å². The quantitative estimate of drug-likeness (QED) is 0.404. The summed E-state index contributed by atoms with van der Waals surface area (Å²) < 4.78 is 11.2. The van der Waals surface area contributed by atoms with Crippen LogP contribution in [0.3, 0.4) is 0 Å². The zero-order chi connectivity index (χ0) is 23.8. The lowest BCUT2D eigenvalue weighted by molar-refractivity contribution is -0.117. The number of rotatable bonds is 6. The van der Waals surface area contributed by atoms with E-state index in [-0.39, 0.29) is 11.3 Å². The van der Waals surface area contributed by atoms with Gasteiger partial charge in [0, 0.05) is 17.3 Å². The van der Waals surface area contributed by atoms with E-state index >= 15 is 0 Å². The Bertz CT molecular complexity index is 1420. The number of furan rings is 1. The highest BCUT2D eigenvalue weighted by molar-refractivity contribution is 6.20. The van der Waals surface area contributed by atoms with E-state index in [1.165, 1.54) is 12.0 Å². The number of nitrogens with zero attached hydrogens (tertiary/aromatic N) is 2. The van der Waals surface area contributed by atoms with Gasteiger partial charge in [-0.2, -0.15) is 0 Å². The summed E-state index contributed by atoms with van der Waals surface area (Å²) in [6, 6.07) is 18.7. The molecule has 7 heteroatoms. The summed E-state index contributed by atoms with van der Waals surface area (Å²) in [4.78, 5) is 32.7. The number of carbonyl (C=O) groups is 2. The van der Waals surface area contributed by atoms with E-state index in [0.717, 1.165) is 12.0 Å². The molecule has 1 unspecified atom stereocenters. The number of Topliss-reactive ketones (excluding diaryl/α,β-unsaturated/α-hetero) is 1. The summed E-state index contributed by atoms with van der Waals surface area (Å²) in [6.07, 6.45) is 2.43. The van der Waals surface area contributed by atoms with Crippen LogP contribution in [0.1, 0.15) is 34.8 Å². The van der Waals surface area contributed by atoms with Gasteiger partial charge in [-0.05, 0) is 48.4 Å². The van der Waals surface area contributed by atoms with Gasteiger partial charge in [-0.1, -0.05) is 37.3 Å². The number of hydrogen-bond acceptors (Lipinski definition) is 6. The fraction of sp³-hybridized carbons (Fsp3) is 0.148. The van der Waals surface area contributed by atoms with Crippen molar-refractivity contribution in [3.63, 3.8) is 0 Å². The molecule has 0 saturated heterocycles. The van der Waals surface area contributed by atoms with Gasteiger partial charge < -0.3 is 14.3 Å². The van der Waals surface area contributed by atoms with Gasteiger partial charge in [0.15, 0.2) is 22.9 Å². The highest BCUT2D eigenvalue weighted by Crippen LogP contribution is 2.42. The first kappa shape index (κ1) is 21.5. The summed E-state index contributed by atoms with van der Waals surface area (Å²) in [5.41, 5.74) is 2.45. The maximum absolute atomic E-state index is 13.7. The van der Waals surface area contributed by atoms with Crippen molar-refractivity contribution < 1.29 is 23.8 Å². The molecule has 0 spiro atoms. The minimum atomic E-state index is -0.913. The van der Waals surface area contributed by atoms with Crippen molar-refractivity contribution in [2.75, 3.05) is 12.0 Å². The molecule has 3 heterocycles. The zero-order valence-corrected chi connectivity index (χ0v) is 18.7. The number of para-hydroxylation sites is 1. The van der Waals surface area contributed by atoms with Crippen LogP contribution in [0.4, 0.5) is 5.69 Å². The number of ether oxygens (including phenoxy) is 1. The third-order valence-electron chi connectivity index (χ3n) is 6.00. The van der Waals surface area contributed by atoms with Crippen LogP contribution in [-0.4, -0.2) is 28.9 Å². The molecular formula is C27H22N2O5. The number of ketones is 1. The van der Waals surface area contributed by atoms with E-state index in [1.807, 2.05) is 19.1 Å². The lowest BCUT2D eigenvalue weighted by Crippen LogP contribution is -2.31. The Labute approximate surface area is 195 Å². The number of hydrogen-bond donors (Lipinski definition) is 1. The first-order valence-electron chi connectivity index (χ1n) is 10.9. The second-order valence-electron chi connectivity index (χ2n) is 7.93. The third-order valence-corrected chi connectivity index (χ3v) is 6.00. The number of aliphatic hydroxyl groups excluding tert-OH is 1. The van der Waals surface area contributed by atoms with Gasteiger partial charge in [0.1, 0.15) is 6.04 Å². The van der Waals surface area contributed by atoms with Gasteiger partial charge in [-0.3, -0.25) is 19.5 Å². The summed E-state index contributed by atoms with van der Waals surface area (Å²) >= 11 is 0. The van der Waals surface area contributed by atoms with Crippen molar-refractivity contribution >= 4 is 28.3 Å². The number of pyridine rings is 1. The Morgan fingerprint density at radius 1 is 1.12 bits per heavy atom. The molecule has 1 amide bonds. The number of aliphatic hydroxyl groups is 1. The van der Waals surface area contributed by atoms with E-state index in [1.54, 1.807) is 60.8 Å².